The standard InChI is InChI=1S/C22H38N6O.HI/c1-19-18-28(14-15-29-19)21-9-8-20(16-25-21)17-26-22(23-2)24-10-7-13-27-11-5-3-4-6-12-27;/h8-9,16,19H,3-7,10-15,17-18H2,1-2H3,(H2,23,24,26);1H. The summed E-state index contributed by atoms with van der Waals surface area (Å²) in [6.45, 7) is 10.1. The molecule has 2 fully saturated rings. The molecule has 3 heterocycles. The van der Waals surface area contributed by atoms with Crippen LogP contribution in [0.1, 0.15) is 44.6 Å². The molecule has 1 atom stereocenters. The van der Waals surface area contributed by atoms with Gasteiger partial charge in [-0.2, -0.15) is 0 Å². The number of anilines is 1. The van der Waals surface area contributed by atoms with Crippen LogP contribution in [-0.2, 0) is 11.3 Å². The Bertz CT molecular complexity index is 619. The van der Waals surface area contributed by atoms with Gasteiger partial charge >= 0.3 is 0 Å². The Morgan fingerprint density at radius 3 is 2.63 bits per heavy atom. The third-order valence-corrected chi connectivity index (χ3v) is 5.70. The van der Waals surface area contributed by atoms with Crippen LogP contribution in [0.4, 0.5) is 5.82 Å². The molecule has 0 amide bonds. The Balaban J connectivity index is 0.00000320. The average molecular weight is 530 g/mol. The maximum absolute atomic E-state index is 5.61. The quantitative estimate of drug-likeness (QED) is 0.245. The molecular weight excluding hydrogens is 491 g/mol. The summed E-state index contributed by atoms with van der Waals surface area (Å²) in [6, 6.07) is 4.24. The first-order valence-electron chi connectivity index (χ1n) is 11.2. The number of likely N-dealkylation sites (tertiary alicyclic amines) is 1. The average Bonchev–Trinajstić information content (AvgIpc) is 3.02. The maximum Gasteiger partial charge on any atom is 0.191 e. The van der Waals surface area contributed by atoms with Crippen molar-refractivity contribution in [2.24, 2.45) is 4.99 Å². The van der Waals surface area contributed by atoms with E-state index in [4.69, 9.17) is 4.74 Å². The summed E-state index contributed by atoms with van der Waals surface area (Å²) >= 11 is 0. The van der Waals surface area contributed by atoms with Crippen molar-refractivity contribution in [3.63, 3.8) is 0 Å². The molecule has 0 radical (unpaired) electrons. The van der Waals surface area contributed by atoms with Crippen molar-refractivity contribution in [1.29, 1.82) is 0 Å². The SMILES string of the molecule is CN=C(NCCCN1CCCCCC1)NCc1ccc(N2CCOC(C)C2)nc1.I. The molecule has 0 bridgehead atoms. The van der Waals surface area contributed by atoms with E-state index in [2.05, 4.69) is 49.5 Å². The van der Waals surface area contributed by atoms with Gasteiger partial charge in [-0.25, -0.2) is 4.98 Å². The minimum absolute atomic E-state index is 0. The highest BCUT2D eigenvalue weighted by atomic mass is 127. The lowest BCUT2D eigenvalue weighted by molar-refractivity contribution is 0.0529. The molecule has 0 saturated carbocycles. The van der Waals surface area contributed by atoms with Gasteiger partial charge in [0, 0.05) is 39.4 Å². The highest BCUT2D eigenvalue weighted by Crippen LogP contribution is 2.15. The second kappa shape index (κ2) is 14.0. The zero-order valence-corrected chi connectivity index (χ0v) is 20.9. The molecule has 8 heteroatoms. The summed E-state index contributed by atoms with van der Waals surface area (Å²) in [6.07, 6.45) is 8.87. The van der Waals surface area contributed by atoms with E-state index in [-0.39, 0.29) is 30.1 Å². The lowest BCUT2D eigenvalue weighted by Crippen LogP contribution is -2.41. The molecule has 2 aliphatic rings. The summed E-state index contributed by atoms with van der Waals surface area (Å²) in [4.78, 5) is 13.9. The molecule has 0 aromatic carbocycles. The second-order valence-electron chi connectivity index (χ2n) is 8.11. The first-order valence-corrected chi connectivity index (χ1v) is 11.2. The van der Waals surface area contributed by atoms with Crippen molar-refractivity contribution in [1.82, 2.24) is 20.5 Å². The highest BCUT2D eigenvalue weighted by Gasteiger charge is 2.17. The van der Waals surface area contributed by atoms with Gasteiger partial charge in [0.2, 0.25) is 0 Å². The number of hydrogen-bond acceptors (Lipinski definition) is 5. The molecule has 1 unspecified atom stereocenters. The van der Waals surface area contributed by atoms with Crippen LogP contribution in [0, 0.1) is 0 Å². The Kier molecular flexibility index (Phi) is 11.8. The summed E-state index contributed by atoms with van der Waals surface area (Å²) in [5, 5.41) is 6.82. The third kappa shape index (κ3) is 8.55. The molecular formula is C22H39IN6O. The zero-order valence-electron chi connectivity index (χ0n) is 18.6. The van der Waals surface area contributed by atoms with Crippen LogP contribution in [0.25, 0.3) is 0 Å². The third-order valence-electron chi connectivity index (χ3n) is 5.70. The van der Waals surface area contributed by atoms with Crippen LogP contribution in [-0.4, -0.2) is 74.9 Å². The van der Waals surface area contributed by atoms with Crippen molar-refractivity contribution in [2.45, 2.75) is 51.7 Å². The number of guanidine groups is 1. The first kappa shape index (κ1) is 25.1. The number of aromatic nitrogens is 1. The number of nitrogens with zero attached hydrogens (tertiary/aromatic N) is 4. The molecule has 170 valence electrons. The number of aliphatic imine (C=N–C) groups is 1. The lowest BCUT2D eigenvalue weighted by Gasteiger charge is -2.32. The van der Waals surface area contributed by atoms with Gasteiger partial charge in [-0.05, 0) is 57.5 Å². The fraction of sp³-hybridized carbons (Fsp3) is 0.727. The van der Waals surface area contributed by atoms with Gasteiger partial charge in [-0.1, -0.05) is 18.9 Å². The summed E-state index contributed by atoms with van der Waals surface area (Å²) in [5.41, 5.74) is 1.16. The van der Waals surface area contributed by atoms with E-state index in [1.807, 2.05) is 13.2 Å². The second-order valence-corrected chi connectivity index (χ2v) is 8.11. The van der Waals surface area contributed by atoms with E-state index in [1.54, 1.807) is 0 Å². The Morgan fingerprint density at radius 1 is 1.17 bits per heavy atom. The molecule has 2 aliphatic heterocycles. The van der Waals surface area contributed by atoms with Crippen LogP contribution in [0.15, 0.2) is 23.3 Å². The van der Waals surface area contributed by atoms with E-state index in [0.717, 1.165) is 56.5 Å². The number of ether oxygens (including phenoxy) is 1. The zero-order chi connectivity index (χ0) is 20.3. The Hall–Kier alpha value is -1.13. The molecule has 7 nitrogen and oxygen atoms in total. The number of pyridine rings is 1. The Morgan fingerprint density at radius 2 is 1.97 bits per heavy atom. The molecule has 0 spiro atoms. The fourth-order valence-corrected chi connectivity index (χ4v) is 4.01. The van der Waals surface area contributed by atoms with Crippen LogP contribution < -0.4 is 15.5 Å². The maximum atomic E-state index is 5.61. The van der Waals surface area contributed by atoms with Crippen LogP contribution in [0.5, 0.6) is 0 Å². The van der Waals surface area contributed by atoms with Gasteiger partial charge in [0.15, 0.2) is 5.96 Å². The van der Waals surface area contributed by atoms with Crippen LogP contribution in [0.3, 0.4) is 0 Å². The monoisotopic (exact) mass is 530 g/mol. The number of morpholine rings is 1. The van der Waals surface area contributed by atoms with E-state index in [9.17, 15) is 0 Å². The van der Waals surface area contributed by atoms with E-state index < -0.39 is 0 Å². The predicted molar refractivity (Wildman–Crippen MR) is 135 cm³/mol. The minimum Gasteiger partial charge on any atom is -0.375 e. The molecule has 2 N–H and O–H groups in total. The smallest absolute Gasteiger partial charge is 0.191 e. The molecule has 2 saturated heterocycles. The largest absolute Gasteiger partial charge is 0.375 e. The minimum atomic E-state index is 0. The van der Waals surface area contributed by atoms with E-state index in [0.29, 0.717) is 0 Å². The summed E-state index contributed by atoms with van der Waals surface area (Å²) in [5.74, 6) is 1.88. The first-order chi connectivity index (χ1) is 14.2. The van der Waals surface area contributed by atoms with Gasteiger partial charge in [-0.3, -0.25) is 4.99 Å². The van der Waals surface area contributed by atoms with Gasteiger partial charge in [0.25, 0.3) is 0 Å². The van der Waals surface area contributed by atoms with E-state index in [1.165, 1.54) is 45.3 Å². The van der Waals surface area contributed by atoms with Crippen molar-refractivity contribution in [3.05, 3.63) is 23.9 Å². The Labute approximate surface area is 199 Å². The van der Waals surface area contributed by atoms with Gasteiger partial charge in [0.1, 0.15) is 5.82 Å². The highest BCUT2D eigenvalue weighted by molar-refractivity contribution is 14.0. The van der Waals surface area contributed by atoms with Crippen LogP contribution >= 0.6 is 24.0 Å². The topological polar surface area (TPSA) is 65.0 Å². The number of hydrogen-bond donors (Lipinski definition) is 2. The van der Waals surface area contributed by atoms with Gasteiger partial charge in [-0.15, -0.1) is 24.0 Å². The lowest BCUT2D eigenvalue weighted by atomic mass is 10.2. The van der Waals surface area contributed by atoms with Crippen molar-refractivity contribution in [2.75, 3.05) is 57.8 Å². The van der Waals surface area contributed by atoms with Gasteiger partial charge in [0.05, 0.1) is 12.7 Å². The van der Waals surface area contributed by atoms with Crippen molar-refractivity contribution in [3.8, 4) is 0 Å². The number of rotatable bonds is 7. The summed E-state index contributed by atoms with van der Waals surface area (Å²) < 4.78 is 5.61. The summed E-state index contributed by atoms with van der Waals surface area (Å²) in [7, 11) is 1.82. The predicted octanol–water partition coefficient (Wildman–Crippen LogP) is 2.86. The van der Waals surface area contributed by atoms with Crippen molar-refractivity contribution >= 4 is 35.8 Å². The molecule has 3 rings (SSSR count). The molecule has 30 heavy (non-hydrogen) atoms. The number of halogens is 1. The fourth-order valence-electron chi connectivity index (χ4n) is 4.01. The van der Waals surface area contributed by atoms with Gasteiger partial charge < -0.3 is 25.2 Å². The molecule has 1 aromatic rings. The van der Waals surface area contributed by atoms with Crippen LogP contribution in [0.2, 0.25) is 0 Å². The van der Waals surface area contributed by atoms with Crippen molar-refractivity contribution < 1.29 is 4.74 Å². The normalized spacial score (nSPS) is 20.9. The number of nitrogens with one attached hydrogen (secondary N) is 2. The van der Waals surface area contributed by atoms with E-state index >= 15 is 0 Å². The molecule has 0 aliphatic carbocycles. The molecule has 1 aromatic heterocycles.